The van der Waals surface area contributed by atoms with Crippen molar-refractivity contribution in [1.82, 2.24) is 0 Å². The van der Waals surface area contributed by atoms with Gasteiger partial charge in [0.1, 0.15) is 0 Å². The summed E-state index contributed by atoms with van der Waals surface area (Å²) >= 11 is 10.8. The van der Waals surface area contributed by atoms with Crippen LogP contribution >= 0.6 is 23.2 Å². The van der Waals surface area contributed by atoms with E-state index in [0.717, 1.165) is 5.56 Å². The lowest BCUT2D eigenvalue weighted by atomic mass is 10.3. The van der Waals surface area contributed by atoms with Crippen molar-refractivity contribution in [2.75, 3.05) is 0 Å². The Bertz CT molecular complexity index is 239. The number of pyridine rings is 1. The van der Waals surface area contributed by atoms with Crippen molar-refractivity contribution in [1.29, 1.82) is 0 Å². The molecule has 0 saturated carbocycles. The van der Waals surface area contributed by atoms with Gasteiger partial charge in [-0.15, -0.1) is 0 Å². The zero-order valence-corrected chi connectivity index (χ0v) is 6.75. The predicted molar refractivity (Wildman–Crippen MR) is 37.9 cm³/mol. The van der Waals surface area contributed by atoms with Gasteiger partial charge in [0.15, 0.2) is 0 Å². The maximum Gasteiger partial charge on any atom is 0.323 e. The second-order valence-corrected chi connectivity index (χ2v) is 2.73. The lowest BCUT2D eigenvalue weighted by molar-refractivity contribution is -0.840. The van der Waals surface area contributed by atoms with Crippen LogP contribution in [-0.2, 0) is 0 Å². The third kappa shape index (κ3) is 1.39. The van der Waals surface area contributed by atoms with Crippen LogP contribution in [0.4, 0.5) is 4.48 Å². The van der Waals surface area contributed by atoms with Crippen LogP contribution < -0.4 is 4.79 Å². The normalized spacial score (nSPS) is 10.0. The van der Waals surface area contributed by atoms with E-state index in [4.69, 9.17) is 23.2 Å². The largest absolute Gasteiger partial charge is 0.323 e. The quantitative estimate of drug-likeness (QED) is 0.540. The summed E-state index contributed by atoms with van der Waals surface area (Å²) in [6.45, 7) is 1.79. The number of hydrogen-bond acceptors (Lipinski definition) is 0. The first kappa shape index (κ1) is 7.76. The molecule has 1 rings (SSSR count). The molecule has 54 valence electrons. The third-order valence-corrected chi connectivity index (χ3v) is 1.58. The van der Waals surface area contributed by atoms with Gasteiger partial charge in [-0.25, -0.2) is 0 Å². The number of hydrogen-bond donors (Lipinski definition) is 0. The molecule has 0 aromatic carbocycles. The summed E-state index contributed by atoms with van der Waals surface area (Å²) in [6, 6.07) is 2.99. The number of halogens is 3. The molecule has 0 spiro atoms. The molecule has 10 heavy (non-hydrogen) atoms. The van der Waals surface area contributed by atoms with Gasteiger partial charge in [-0.1, -0.05) is 0 Å². The molecular weight excluding hydrogens is 176 g/mol. The average molecular weight is 181 g/mol. The molecule has 4 heteroatoms. The van der Waals surface area contributed by atoms with Gasteiger partial charge >= 0.3 is 10.3 Å². The van der Waals surface area contributed by atoms with Crippen molar-refractivity contribution in [3.05, 3.63) is 28.0 Å². The van der Waals surface area contributed by atoms with Crippen LogP contribution in [0.3, 0.4) is 0 Å². The molecule has 0 N–H and O–H groups in total. The first-order valence-corrected chi connectivity index (χ1v) is 3.40. The summed E-state index contributed by atoms with van der Waals surface area (Å²) in [6.07, 6.45) is 0. The highest BCUT2D eigenvalue weighted by molar-refractivity contribution is 6.30. The SMILES string of the molecule is Cc1cc(Cl)[n+](F)c(Cl)c1. The summed E-state index contributed by atoms with van der Waals surface area (Å²) in [4.78, 5) is 0.218. The molecule has 0 saturated heterocycles. The highest BCUT2D eigenvalue weighted by Crippen LogP contribution is 2.11. The standard InChI is InChI=1S/C6H5Cl2FN/c1-4-2-5(7)10(9)6(8)3-4/h2-3H,1H3/q+1. The van der Waals surface area contributed by atoms with Crippen molar-refractivity contribution in [2.24, 2.45) is 0 Å². The molecule has 0 aliphatic rings. The van der Waals surface area contributed by atoms with Crippen LogP contribution in [0.1, 0.15) is 5.56 Å². The summed E-state index contributed by atoms with van der Waals surface area (Å²) in [5.74, 6) is 0. The average Bonchev–Trinajstić information content (AvgIpc) is 1.82. The molecule has 0 bridgehead atoms. The fourth-order valence-corrected chi connectivity index (χ4v) is 1.20. The Morgan fingerprint density at radius 2 is 1.70 bits per heavy atom. The maximum absolute atomic E-state index is 12.6. The molecular formula is C6H5Cl2FN+. The van der Waals surface area contributed by atoms with Crippen LogP contribution in [0, 0.1) is 6.92 Å². The maximum atomic E-state index is 12.6. The number of aryl methyl sites for hydroxylation is 1. The topological polar surface area (TPSA) is 3.88 Å². The van der Waals surface area contributed by atoms with Crippen LogP contribution in [0.2, 0.25) is 10.3 Å². The summed E-state index contributed by atoms with van der Waals surface area (Å²) in [5, 5.41) is -0.0185. The fourth-order valence-electron chi connectivity index (χ4n) is 0.633. The van der Waals surface area contributed by atoms with E-state index in [-0.39, 0.29) is 15.1 Å². The Morgan fingerprint density at radius 3 is 2.10 bits per heavy atom. The minimum Gasteiger partial charge on any atom is -0.0392 e. The summed E-state index contributed by atoms with van der Waals surface area (Å²) in [5.41, 5.74) is 0.837. The van der Waals surface area contributed by atoms with E-state index in [9.17, 15) is 4.48 Å². The second kappa shape index (κ2) is 2.72. The van der Waals surface area contributed by atoms with Crippen molar-refractivity contribution < 1.29 is 9.27 Å². The molecule has 1 aromatic heterocycles. The fraction of sp³-hybridized carbons (Fsp3) is 0.167. The zero-order valence-electron chi connectivity index (χ0n) is 5.24. The van der Waals surface area contributed by atoms with Gasteiger partial charge in [-0.05, 0) is 35.7 Å². The Kier molecular flexibility index (Phi) is 2.11. The van der Waals surface area contributed by atoms with Crippen LogP contribution in [0.5, 0.6) is 0 Å². The lowest BCUT2D eigenvalue weighted by Gasteiger charge is -1.88. The number of rotatable bonds is 0. The van der Waals surface area contributed by atoms with Gasteiger partial charge in [0.25, 0.3) is 0 Å². The van der Waals surface area contributed by atoms with Crippen LogP contribution in [0.25, 0.3) is 0 Å². The smallest absolute Gasteiger partial charge is 0.0392 e. The highest BCUT2D eigenvalue weighted by Gasteiger charge is 2.14. The molecule has 0 aliphatic heterocycles. The second-order valence-electron chi connectivity index (χ2n) is 1.96. The first-order valence-electron chi connectivity index (χ1n) is 2.65. The van der Waals surface area contributed by atoms with Crippen LogP contribution in [0.15, 0.2) is 12.1 Å². The van der Waals surface area contributed by atoms with Crippen molar-refractivity contribution in [3.8, 4) is 0 Å². The molecule has 1 heterocycles. The molecule has 0 fully saturated rings. The van der Waals surface area contributed by atoms with E-state index in [1.807, 2.05) is 0 Å². The Hall–Kier alpha value is -0.340. The van der Waals surface area contributed by atoms with E-state index in [2.05, 4.69) is 0 Å². The summed E-state index contributed by atoms with van der Waals surface area (Å²) in [7, 11) is 0. The van der Waals surface area contributed by atoms with Crippen molar-refractivity contribution in [2.45, 2.75) is 6.92 Å². The molecule has 1 aromatic rings. The van der Waals surface area contributed by atoms with Gasteiger partial charge < -0.3 is 0 Å². The number of aromatic nitrogens is 1. The van der Waals surface area contributed by atoms with Crippen LogP contribution in [-0.4, -0.2) is 0 Å². The van der Waals surface area contributed by atoms with Gasteiger partial charge in [0.05, 0.1) is 9.27 Å². The lowest BCUT2D eigenvalue weighted by Crippen LogP contribution is -2.25. The molecule has 0 radical (unpaired) electrons. The van der Waals surface area contributed by atoms with E-state index in [1.54, 1.807) is 6.92 Å². The minimum atomic E-state index is -0.00926. The Labute approximate surface area is 67.9 Å². The third-order valence-electron chi connectivity index (χ3n) is 1.07. The molecule has 0 atom stereocenters. The summed E-state index contributed by atoms with van der Waals surface area (Å²) < 4.78 is 12.6. The Morgan fingerprint density at radius 1 is 1.30 bits per heavy atom. The molecule has 0 unspecified atom stereocenters. The molecule has 0 amide bonds. The van der Waals surface area contributed by atoms with Crippen molar-refractivity contribution >= 4 is 23.2 Å². The van der Waals surface area contributed by atoms with E-state index in [0.29, 0.717) is 0 Å². The van der Waals surface area contributed by atoms with Gasteiger partial charge in [-0.3, -0.25) is 0 Å². The monoisotopic (exact) mass is 180 g/mol. The Balaban J connectivity index is 3.31. The zero-order chi connectivity index (χ0) is 7.72. The molecule has 0 aliphatic carbocycles. The number of nitrogens with zero attached hydrogens (tertiary/aromatic N) is 1. The minimum absolute atomic E-state index is 0.00926. The highest BCUT2D eigenvalue weighted by atomic mass is 35.5. The molecule has 1 nitrogen and oxygen atoms in total. The van der Waals surface area contributed by atoms with Crippen molar-refractivity contribution in [3.63, 3.8) is 0 Å². The van der Waals surface area contributed by atoms with Gasteiger partial charge in [0, 0.05) is 12.1 Å². The van der Waals surface area contributed by atoms with E-state index < -0.39 is 0 Å². The van der Waals surface area contributed by atoms with Gasteiger partial charge in [-0.2, -0.15) is 0 Å². The van der Waals surface area contributed by atoms with E-state index >= 15 is 0 Å². The predicted octanol–water partition coefficient (Wildman–Crippen LogP) is 2.32. The van der Waals surface area contributed by atoms with Gasteiger partial charge in [0.2, 0.25) is 0 Å². The van der Waals surface area contributed by atoms with E-state index in [1.165, 1.54) is 12.1 Å². The first-order chi connectivity index (χ1) is 4.61.